The van der Waals surface area contributed by atoms with Gasteiger partial charge in [-0.25, -0.2) is 0 Å². The summed E-state index contributed by atoms with van der Waals surface area (Å²) in [6.07, 6.45) is 5.07. The molecule has 4 aliphatic rings. The van der Waals surface area contributed by atoms with Crippen LogP contribution >= 0.6 is 0 Å². The Kier molecular flexibility index (Phi) is 4.72. The number of nitrogens with zero attached hydrogens (tertiary/aromatic N) is 3. The van der Waals surface area contributed by atoms with E-state index in [1.807, 2.05) is 6.07 Å². The van der Waals surface area contributed by atoms with E-state index in [-0.39, 0.29) is 11.9 Å². The molecule has 7 nitrogen and oxygen atoms in total. The molecule has 150 valence electrons. The minimum Gasteiger partial charge on any atom is -0.355 e. The van der Waals surface area contributed by atoms with Gasteiger partial charge >= 0.3 is 0 Å². The number of amides is 1. The van der Waals surface area contributed by atoms with E-state index < -0.39 is 0 Å². The number of fused-ring (bicyclic) bond motifs is 4. The number of nitrogens with one attached hydrogen (secondary N) is 3. The Morgan fingerprint density at radius 2 is 2.14 bits per heavy atom. The lowest BCUT2D eigenvalue weighted by Gasteiger charge is -2.44. The molecule has 1 unspecified atom stereocenters. The quantitative estimate of drug-likeness (QED) is 0.737. The molecule has 4 saturated heterocycles. The molecule has 0 radical (unpaired) electrons. The van der Waals surface area contributed by atoms with E-state index in [0.29, 0.717) is 17.8 Å². The summed E-state index contributed by atoms with van der Waals surface area (Å²) in [5.74, 6) is 0.563. The average Bonchev–Trinajstić information content (AvgIpc) is 3.35. The predicted octanol–water partition coefficient (Wildman–Crippen LogP) is 1.92. The Morgan fingerprint density at radius 3 is 2.89 bits per heavy atom. The minimum atomic E-state index is -0.0514. The number of H-pyrrole nitrogens is 1. The summed E-state index contributed by atoms with van der Waals surface area (Å²) in [6, 6.07) is 6.55. The lowest BCUT2D eigenvalue weighted by molar-refractivity contribution is 0.0618. The van der Waals surface area contributed by atoms with Crippen molar-refractivity contribution < 1.29 is 4.79 Å². The van der Waals surface area contributed by atoms with Crippen LogP contribution in [-0.4, -0.2) is 65.9 Å². The maximum absolute atomic E-state index is 12.9. The highest BCUT2D eigenvalue weighted by molar-refractivity contribution is 6.05. The molecule has 28 heavy (non-hydrogen) atoms. The highest BCUT2D eigenvalue weighted by Crippen LogP contribution is 2.29. The Hall–Kier alpha value is -2.12. The van der Waals surface area contributed by atoms with Crippen molar-refractivity contribution in [3.05, 3.63) is 23.9 Å². The number of aromatic amines is 1. The minimum absolute atomic E-state index is 0.0514. The fourth-order valence-electron chi connectivity index (χ4n) is 5.18. The largest absolute Gasteiger partial charge is 0.355 e. The van der Waals surface area contributed by atoms with Crippen LogP contribution in [0.4, 0.5) is 5.69 Å². The van der Waals surface area contributed by atoms with Gasteiger partial charge in [0.05, 0.1) is 11.7 Å². The lowest BCUT2D eigenvalue weighted by Crippen LogP contribution is -2.57. The van der Waals surface area contributed by atoms with Crippen molar-refractivity contribution in [2.75, 3.05) is 37.6 Å². The number of benzene rings is 1. The second-order valence-corrected chi connectivity index (χ2v) is 8.47. The molecule has 0 aliphatic carbocycles. The number of piperidine rings is 3. The summed E-state index contributed by atoms with van der Waals surface area (Å²) in [6.45, 7) is 7.57. The molecule has 3 N–H and O–H groups in total. The van der Waals surface area contributed by atoms with Crippen molar-refractivity contribution in [1.82, 2.24) is 25.7 Å². The number of hydrogen-bond donors (Lipinski definition) is 3. The Labute approximate surface area is 165 Å². The van der Waals surface area contributed by atoms with Gasteiger partial charge in [0.25, 0.3) is 5.91 Å². The summed E-state index contributed by atoms with van der Waals surface area (Å²) in [5.41, 5.74) is 2.63. The van der Waals surface area contributed by atoms with Gasteiger partial charge in [-0.15, -0.1) is 0 Å². The predicted molar refractivity (Wildman–Crippen MR) is 111 cm³/mol. The van der Waals surface area contributed by atoms with E-state index in [1.165, 1.54) is 31.6 Å². The summed E-state index contributed by atoms with van der Waals surface area (Å²) < 4.78 is 0. The van der Waals surface area contributed by atoms with Gasteiger partial charge in [-0.05, 0) is 56.5 Å². The second-order valence-electron chi connectivity index (χ2n) is 8.47. The first-order valence-electron chi connectivity index (χ1n) is 10.7. The molecule has 1 amide bonds. The highest BCUT2D eigenvalue weighted by atomic mass is 16.2. The zero-order chi connectivity index (χ0) is 19.1. The number of carbonyl (C=O) groups excluding carboxylic acids is 1. The number of aromatic nitrogens is 2. The molecule has 0 saturated carbocycles. The van der Waals surface area contributed by atoms with E-state index in [4.69, 9.17) is 0 Å². The van der Waals surface area contributed by atoms with E-state index in [2.05, 4.69) is 49.7 Å². The lowest BCUT2D eigenvalue weighted by atomic mass is 9.84. The van der Waals surface area contributed by atoms with E-state index in [1.54, 1.807) is 0 Å². The molecule has 4 aliphatic heterocycles. The Bertz CT molecular complexity index is 856. The highest BCUT2D eigenvalue weighted by Gasteiger charge is 2.35. The van der Waals surface area contributed by atoms with Crippen molar-refractivity contribution in [2.45, 2.75) is 44.8 Å². The first-order chi connectivity index (χ1) is 13.7. The molecule has 1 aromatic carbocycles. The van der Waals surface area contributed by atoms with E-state index in [0.717, 1.165) is 43.4 Å². The summed E-state index contributed by atoms with van der Waals surface area (Å²) in [7, 11) is 0. The van der Waals surface area contributed by atoms with Crippen LogP contribution in [-0.2, 0) is 0 Å². The number of hydrogen-bond acceptors (Lipinski definition) is 5. The molecule has 2 atom stereocenters. The fourth-order valence-corrected chi connectivity index (χ4v) is 5.18. The van der Waals surface area contributed by atoms with Gasteiger partial charge in [-0.2, -0.15) is 5.10 Å². The van der Waals surface area contributed by atoms with Crippen molar-refractivity contribution in [2.24, 2.45) is 5.92 Å². The van der Waals surface area contributed by atoms with Crippen LogP contribution in [0.25, 0.3) is 10.9 Å². The topological polar surface area (TPSA) is 76.3 Å². The summed E-state index contributed by atoms with van der Waals surface area (Å²) in [4.78, 5) is 17.8. The monoisotopic (exact) mass is 382 g/mol. The van der Waals surface area contributed by atoms with Crippen LogP contribution in [0, 0.1) is 5.92 Å². The normalized spacial score (nSPS) is 29.5. The molecule has 5 heterocycles. The third-order valence-corrected chi connectivity index (χ3v) is 6.74. The second kappa shape index (κ2) is 7.37. The zero-order valence-corrected chi connectivity index (χ0v) is 16.6. The molecule has 2 bridgehead atoms. The first kappa shape index (κ1) is 17.9. The van der Waals surface area contributed by atoms with Gasteiger partial charge < -0.3 is 15.1 Å². The molecule has 7 heteroatoms. The van der Waals surface area contributed by atoms with Crippen molar-refractivity contribution in [3.63, 3.8) is 0 Å². The van der Waals surface area contributed by atoms with Gasteiger partial charge in [-0.1, -0.05) is 13.3 Å². The fraction of sp³-hybridized carbons (Fsp3) is 0.619. The molecule has 0 spiro atoms. The number of carbonyl (C=O) groups is 1. The maximum Gasteiger partial charge on any atom is 0.272 e. The van der Waals surface area contributed by atoms with Gasteiger partial charge in [0.15, 0.2) is 5.69 Å². The van der Waals surface area contributed by atoms with Crippen molar-refractivity contribution in [3.8, 4) is 0 Å². The molecule has 6 rings (SSSR count). The van der Waals surface area contributed by atoms with Crippen molar-refractivity contribution in [1.29, 1.82) is 0 Å². The van der Waals surface area contributed by atoms with Crippen LogP contribution in [0.5, 0.6) is 0 Å². The van der Waals surface area contributed by atoms with Crippen LogP contribution in [0.15, 0.2) is 18.2 Å². The van der Waals surface area contributed by atoms with Crippen LogP contribution in [0.1, 0.15) is 43.1 Å². The third kappa shape index (κ3) is 3.16. The summed E-state index contributed by atoms with van der Waals surface area (Å²) in [5, 5.41) is 15.2. The number of anilines is 1. The maximum atomic E-state index is 12.9. The standard InChI is InChI=1S/C21H30N6O/c1-2-3-19-22-8-11-27(19)15-4-5-16-17(12-15)24-25-20(16)21(28)23-18-13-26-9-6-14(18)7-10-26/h4-5,12,14,18-19,22H,2-3,6-11,13H2,1H3,(H,23,28)(H,24,25)/t18-,19?/m1/s1. The third-order valence-electron chi connectivity index (χ3n) is 6.74. The van der Waals surface area contributed by atoms with Crippen molar-refractivity contribution >= 4 is 22.5 Å². The van der Waals surface area contributed by atoms with E-state index in [9.17, 15) is 4.79 Å². The Balaban J connectivity index is 1.34. The van der Waals surface area contributed by atoms with Gasteiger partial charge in [0.1, 0.15) is 0 Å². The number of rotatable bonds is 5. The van der Waals surface area contributed by atoms with Gasteiger partial charge in [0, 0.05) is 36.7 Å². The summed E-state index contributed by atoms with van der Waals surface area (Å²) >= 11 is 0. The zero-order valence-electron chi connectivity index (χ0n) is 16.6. The molecular weight excluding hydrogens is 352 g/mol. The first-order valence-corrected chi connectivity index (χ1v) is 10.7. The van der Waals surface area contributed by atoms with Gasteiger partial charge in [0.2, 0.25) is 0 Å². The average molecular weight is 383 g/mol. The molecular formula is C21H30N6O. The van der Waals surface area contributed by atoms with Gasteiger partial charge in [-0.3, -0.25) is 15.2 Å². The van der Waals surface area contributed by atoms with Crippen LogP contribution in [0.3, 0.4) is 0 Å². The Morgan fingerprint density at radius 1 is 1.29 bits per heavy atom. The van der Waals surface area contributed by atoms with E-state index >= 15 is 0 Å². The smallest absolute Gasteiger partial charge is 0.272 e. The molecule has 2 aromatic rings. The SMILES string of the molecule is CCCC1NCCN1c1ccc2c(C(=O)N[C@@H]3CN4CCC3CC4)n[nH]c2c1. The molecule has 4 fully saturated rings. The van der Waals surface area contributed by atoms with Crippen LogP contribution < -0.4 is 15.5 Å². The van der Waals surface area contributed by atoms with Crippen LogP contribution in [0.2, 0.25) is 0 Å². The molecule has 1 aromatic heterocycles.